The molecule has 106 valence electrons. The third-order valence-corrected chi connectivity index (χ3v) is 2.98. The molecule has 0 aliphatic carbocycles. The number of aryl methyl sites for hydroxylation is 1. The minimum Gasteiger partial charge on any atom is -0.337 e. The Morgan fingerprint density at radius 1 is 1.38 bits per heavy atom. The Morgan fingerprint density at radius 3 is 2.90 bits per heavy atom. The van der Waals surface area contributed by atoms with Gasteiger partial charge >= 0.3 is 0 Å². The first-order valence-corrected chi connectivity index (χ1v) is 6.52. The molecule has 1 aromatic heterocycles. The molecule has 2 aromatic rings. The van der Waals surface area contributed by atoms with E-state index in [1.807, 2.05) is 6.07 Å². The first-order valence-electron chi connectivity index (χ1n) is 6.52. The molecule has 0 fully saturated rings. The summed E-state index contributed by atoms with van der Waals surface area (Å²) in [6, 6.07) is 10.9. The molecular formula is C16H14FN3O. The van der Waals surface area contributed by atoms with Crippen LogP contribution in [0, 0.1) is 17.1 Å². The monoisotopic (exact) mass is 283 g/mol. The molecule has 0 saturated heterocycles. The Bertz CT molecular complexity index is 652. The molecule has 0 bridgehead atoms. The highest BCUT2D eigenvalue weighted by Crippen LogP contribution is 2.11. The molecule has 0 aliphatic rings. The number of pyridine rings is 1. The van der Waals surface area contributed by atoms with Crippen molar-refractivity contribution in [2.45, 2.75) is 18.9 Å². The Morgan fingerprint density at radius 2 is 2.24 bits per heavy atom. The van der Waals surface area contributed by atoms with Crippen LogP contribution in [0.2, 0.25) is 0 Å². The topological polar surface area (TPSA) is 65.8 Å². The van der Waals surface area contributed by atoms with Crippen molar-refractivity contribution in [1.29, 1.82) is 5.26 Å². The highest BCUT2D eigenvalue weighted by atomic mass is 19.1. The fourth-order valence-corrected chi connectivity index (χ4v) is 1.92. The number of benzene rings is 1. The van der Waals surface area contributed by atoms with Crippen molar-refractivity contribution in [2.24, 2.45) is 0 Å². The molecule has 1 unspecified atom stereocenters. The number of nitrogens with one attached hydrogen (secondary N) is 1. The third kappa shape index (κ3) is 4.39. The summed E-state index contributed by atoms with van der Waals surface area (Å²) in [6.45, 7) is 0. The van der Waals surface area contributed by atoms with Gasteiger partial charge < -0.3 is 5.32 Å². The van der Waals surface area contributed by atoms with Gasteiger partial charge in [0.25, 0.3) is 0 Å². The standard InChI is InChI=1S/C16H14FN3O/c17-14-5-1-3-12(9-14)6-7-16(21)20-15(10-18)13-4-2-8-19-11-13/h1-5,8-9,11,15H,6-7H2,(H,20,21). The lowest BCUT2D eigenvalue weighted by Gasteiger charge is -2.11. The third-order valence-electron chi connectivity index (χ3n) is 2.98. The molecule has 0 radical (unpaired) electrons. The summed E-state index contributed by atoms with van der Waals surface area (Å²) in [5, 5.41) is 11.7. The van der Waals surface area contributed by atoms with E-state index >= 15 is 0 Å². The van der Waals surface area contributed by atoms with Gasteiger partial charge in [0.15, 0.2) is 0 Å². The molecule has 2 rings (SSSR count). The molecule has 21 heavy (non-hydrogen) atoms. The van der Waals surface area contributed by atoms with Gasteiger partial charge in [-0.05, 0) is 30.2 Å². The number of nitrogens with zero attached hydrogens (tertiary/aromatic N) is 2. The second-order valence-electron chi connectivity index (χ2n) is 4.55. The summed E-state index contributed by atoms with van der Waals surface area (Å²) in [6.07, 6.45) is 3.77. The molecule has 0 aliphatic heterocycles. The van der Waals surface area contributed by atoms with E-state index in [1.54, 1.807) is 36.7 Å². The van der Waals surface area contributed by atoms with Gasteiger partial charge in [-0.3, -0.25) is 9.78 Å². The van der Waals surface area contributed by atoms with Gasteiger partial charge in [0.05, 0.1) is 6.07 Å². The number of rotatable bonds is 5. The maximum absolute atomic E-state index is 13.0. The summed E-state index contributed by atoms with van der Waals surface area (Å²) in [5.74, 6) is -0.576. The van der Waals surface area contributed by atoms with Gasteiger partial charge in [-0.25, -0.2) is 4.39 Å². The second-order valence-corrected chi connectivity index (χ2v) is 4.55. The van der Waals surface area contributed by atoms with Crippen LogP contribution in [-0.4, -0.2) is 10.9 Å². The van der Waals surface area contributed by atoms with Crippen LogP contribution >= 0.6 is 0 Å². The number of amides is 1. The number of aromatic nitrogens is 1. The van der Waals surface area contributed by atoms with Crippen LogP contribution in [0.15, 0.2) is 48.8 Å². The van der Waals surface area contributed by atoms with Crippen LogP contribution in [0.5, 0.6) is 0 Å². The van der Waals surface area contributed by atoms with Crippen molar-refractivity contribution >= 4 is 5.91 Å². The number of hydrogen-bond acceptors (Lipinski definition) is 3. The molecular weight excluding hydrogens is 269 g/mol. The lowest BCUT2D eigenvalue weighted by molar-refractivity contribution is -0.121. The number of carbonyl (C=O) groups excluding carboxylic acids is 1. The van der Waals surface area contributed by atoms with Gasteiger partial charge in [0.2, 0.25) is 5.91 Å². The molecule has 5 heteroatoms. The van der Waals surface area contributed by atoms with E-state index in [0.29, 0.717) is 12.0 Å². The molecule has 0 spiro atoms. The first-order chi connectivity index (χ1) is 10.2. The quantitative estimate of drug-likeness (QED) is 0.917. The van der Waals surface area contributed by atoms with Gasteiger partial charge in [-0.2, -0.15) is 5.26 Å². The van der Waals surface area contributed by atoms with Crippen LogP contribution in [0.1, 0.15) is 23.6 Å². The fourth-order valence-electron chi connectivity index (χ4n) is 1.92. The van der Waals surface area contributed by atoms with Gasteiger partial charge in [-0.15, -0.1) is 0 Å². The molecule has 4 nitrogen and oxygen atoms in total. The van der Waals surface area contributed by atoms with Crippen LogP contribution in [0.25, 0.3) is 0 Å². The summed E-state index contributed by atoms with van der Waals surface area (Å²) < 4.78 is 13.0. The van der Waals surface area contributed by atoms with E-state index in [-0.39, 0.29) is 18.1 Å². The fraction of sp³-hybridized carbons (Fsp3) is 0.188. The average molecular weight is 283 g/mol. The lowest BCUT2D eigenvalue weighted by atomic mass is 10.1. The maximum Gasteiger partial charge on any atom is 0.221 e. The molecule has 1 aromatic carbocycles. The van der Waals surface area contributed by atoms with Crippen molar-refractivity contribution < 1.29 is 9.18 Å². The minimum atomic E-state index is -0.723. The average Bonchev–Trinajstić information content (AvgIpc) is 2.51. The van der Waals surface area contributed by atoms with Crippen molar-refractivity contribution in [3.8, 4) is 6.07 Å². The molecule has 0 saturated carbocycles. The van der Waals surface area contributed by atoms with Crippen molar-refractivity contribution in [3.63, 3.8) is 0 Å². The largest absolute Gasteiger partial charge is 0.337 e. The Balaban J connectivity index is 1.91. The van der Waals surface area contributed by atoms with Gasteiger partial charge in [0, 0.05) is 24.4 Å². The molecule has 1 atom stereocenters. The molecule has 1 N–H and O–H groups in total. The van der Waals surface area contributed by atoms with E-state index in [4.69, 9.17) is 5.26 Å². The zero-order valence-corrected chi connectivity index (χ0v) is 11.3. The van der Waals surface area contributed by atoms with Crippen LogP contribution in [-0.2, 0) is 11.2 Å². The van der Waals surface area contributed by atoms with Crippen LogP contribution in [0.3, 0.4) is 0 Å². The molecule has 1 amide bonds. The predicted molar refractivity (Wildman–Crippen MR) is 75.5 cm³/mol. The van der Waals surface area contributed by atoms with Gasteiger partial charge in [-0.1, -0.05) is 18.2 Å². The second kappa shape index (κ2) is 7.15. The number of nitriles is 1. The summed E-state index contributed by atoms with van der Waals surface area (Å²) in [7, 11) is 0. The first kappa shape index (κ1) is 14.7. The summed E-state index contributed by atoms with van der Waals surface area (Å²) >= 11 is 0. The Hall–Kier alpha value is -2.74. The van der Waals surface area contributed by atoms with E-state index in [2.05, 4.69) is 10.3 Å². The van der Waals surface area contributed by atoms with Crippen molar-refractivity contribution in [2.75, 3.05) is 0 Å². The van der Waals surface area contributed by atoms with Crippen molar-refractivity contribution in [1.82, 2.24) is 10.3 Å². The van der Waals surface area contributed by atoms with Crippen LogP contribution < -0.4 is 5.32 Å². The van der Waals surface area contributed by atoms with E-state index in [1.165, 1.54) is 12.1 Å². The van der Waals surface area contributed by atoms with E-state index in [0.717, 1.165) is 5.56 Å². The van der Waals surface area contributed by atoms with E-state index < -0.39 is 6.04 Å². The number of carbonyl (C=O) groups is 1. The zero-order chi connectivity index (χ0) is 15.1. The number of hydrogen-bond donors (Lipinski definition) is 1. The zero-order valence-electron chi connectivity index (χ0n) is 11.3. The SMILES string of the molecule is N#CC(NC(=O)CCc1cccc(F)c1)c1cccnc1. The smallest absolute Gasteiger partial charge is 0.221 e. The van der Waals surface area contributed by atoms with E-state index in [9.17, 15) is 9.18 Å². The number of halogens is 1. The van der Waals surface area contributed by atoms with Gasteiger partial charge in [0.1, 0.15) is 11.9 Å². The lowest BCUT2D eigenvalue weighted by Crippen LogP contribution is -2.27. The Labute approximate surface area is 122 Å². The molecule has 1 heterocycles. The van der Waals surface area contributed by atoms with Crippen LogP contribution in [0.4, 0.5) is 4.39 Å². The normalized spacial score (nSPS) is 11.4. The highest BCUT2D eigenvalue weighted by molar-refractivity contribution is 5.77. The highest BCUT2D eigenvalue weighted by Gasteiger charge is 2.13. The predicted octanol–water partition coefficient (Wildman–Crippen LogP) is 2.53. The van der Waals surface area contributed by atoms with Crippen molar-refractivity contribution in [3.05, 3.63) is 65.7 Å². The minimum absolute atomic E-state index is 0.196. The summed E-state index contributed by atoms with van der Waals surface area (Å²) in [5.41, 5.74) is 1.39. The maximum atomic E-state index is 13.0. The Kier molecular flexibility index (Phi) is 4.99. The summed E-state index contributed by atoms with van der Waals surface area (Å²) in [4.78, 5) is 15.8.